The predicted octanol–water partition coefficient (Wildman–Crippen LogP) is 0.999. The number of amides is 1. The van der Waals surface area contributed by atoms with E-state index in [0.29, 0.717) is 13.0 Å². The highest BCUT2D eigenvalue weighted by Gasteiger charge is 2.19. The van der Waals surface area contributed by atoms with Crippen LogP contribution in [-0.4, -0.2) is 55.1 Å². The Balaban J connectivity index is 0.00000264. The van der Waals surface area contributed by atoms with Crippen LogP contribution in [0.15, 0.2) is 18.3 Å². The molecule has 1 saturated heterocycles. The molecule has 1 aromatic heterocycles. The van der Waals surface area contributed by atoms with Crippen molar-refractivity contribution in [2.45, 2.75) is 32.4 Å². The van der Waals surface area contributed by atoms with Gasteiger partial charge in [-0.1, -0.05) is 19.4 Å². The number of pyridine rings is 1. The van der Waals surface area contributed by atoms with Crippen molar-refractivity contribution in [3.8, 4) is 0 Å². The third kappa shape index (κ3) is 5.64. The second-order valence-corrected chi connectivity index (χ2v) is 5.89. The SMILES string of the molecule is CCCC(N)C(=O)NCc1cccnc1N1CCN(C)CC1.Cl. The van der Waals surface area contributed by atoms with Crippen molar-refractivity contribution in [1.82, 2.24) is 15.2 Å². The largest absolute Gasteiger partial charge is 0.354 e. The van der Waals surface area contributed by atoms with Gasteiger partial charge in [0.25, 0.3) is 0 Å². The van der Waals surface area contributed by atoms with Gasteiger partial charge >= 0.3 is 0 Å². The summed E-state index contributed by atoms with van der Waals surface area (Å²) in [5, 5.41) is 2.93. The number of anilines is 1. The highest BCUT2D eigenvalue weighted by Crippen LogP contribution is 2.18. The lowest BCUT2D eigenvalue weighted by Gasteiger charge is -2.34. The van der Waals surface area contributed by atoms with Crippen molar-refractivity contribution in [1.29, 1.82) is 0 Å². The lowest BCUT2D eigenvalue weighted by atomic mass is 10.1. The molecule has 7 heteroatoms. The van der Waals surface area contributed by atoms with E-state index in [1.165, 1.54) is 0 Å². The zero-order valence-electron chi connectivity index (χ0n) is 14.0. The van der Waals surface area contributed by atoms with Crippen LogP contribution in [0.25, 0.3) is 0 Å². The number of carbonyl (C=O) groups is 1. The van der Waals surface area contributed by atoms with Crippen LogP contribution in [0.2, 0.25) is 0 Å². The van der Waals surface area contributed by atoms with Gasteiger partial charge in [-0.2, -0.15) is 0 Å². The third-order valence-corrected chi connectivity index (χ3v) is 4.06. The van der Waals surface area contributed by atoms with E-state index in [0.717, 1.165) is 44.0 Å². The molecule has 1 fully saturated rings. The molecule has 1 aliphatic heterocycles. The molecule has 1 aliphatic rings. The average Bonchev–Trinajstić information content (AvgIpc) is 2.54. The second kappa shape index (κ2) is 9.70. The summed E-state index contributed by atoms with van der Waals surface area (Å²) in [6.45, 7) is 6.49. The minimum atomic E-state index is -0.422. The lowest BCUT2D eigenvalue weighted by Crippen LogP contribution is -2.45. The first-order chi connectivity index (χ1) is 10.6. The van der Waals surface area contributed by atoms with E-state index in [-0.39, 0.29) is 18.3 Å². The van der Waals surface area contributed by atoms with E-state index in [1.807, 2.05) is 25.3 Å². The Morgan fingerprint density at radius 2 is 2.09 bits per heavy atom. The molecule has 0 spiro atoms. The molecule has 130 valence electrons. The Kier molecular flexibility index (Phi) is 8.30. The predicted molar refractivity (Wildman–Crippen MR) is 95.9 cm³/mol. The fourth-order valence-corrected chi connectivity index (χ4v) is 2.63. The first-order valence-corrected chi connectivity index (χ1v) is 8.02. The van der Waals surface area contributed by atoms with Crippen molar-refractivity contribution in [3.63, 3.8) is 0 Å². The van der Waals surface area contributed by atoms with E-state index < -0.39 is 6.04 Å². The minimum absolute atomic E-state index is 0. The van der Waals surface area contributed by atoms with Gasteiger partial charge in [0.2, 0.25) is 5.91 Å². The highest BCUT2D eigenvalue weighted by atomic mass is 35.5. The standard InChI is InChI=1S/C16H27N5O.ClH/c1-3-5-14(17)16(22)19-12-13-6-4-7-18-15(13)21-10-8-20(2)9-11-21;/h4,6-7,14H,3,5,8-12,17H2,1-2H3,(H,19,22);1H. The molecular formula is C16H28ClN5O. The van der Waals surface area contributed by atoms with Gasteiger partial charge < -0.3 is 20.9 Å². The third-order valence-electron chi connectivity index (χ3n) is 4.06. The number of aromatic nitrogens is 1. The van der Waals surface area contributed by atoms with E-state index in [9.17, 15) is 4.79 Å². The van der Waals surface area contributed by atoms with Gasteiger partial charge in [0.1, 0.15) is 5.82 Å². The van der Waals surface area contributed by atoms with Gasteiger partial charge in [0.05, 0.1) is 6.04 Å². The number of likely N-dealkylation sites (N-methyl/N-ethyl adjacent to an activating group) is 1. The number of rotatable bonds is 6. The molecule has 0 aromatic carbocycles. The molecule has 2 rings (SSSR count). The lowest BCUT2D eigenvalue weighted by molar-refractivity contribution is -0.122. The molecule has 6 nitrogen and oxygen atoms in total. The second-order valence-electron chi connectivity index (χ2n) is 5.89. The number of nitrogens with zero attached hydrogens (tertiary/aromatic N) is 3. The smallest absolute Gasteiger partial charge is 0.237 e. The van der Waals surface area contributed by atoms with Crippen molar-refractivity contribution in [3.05, 3.63) is 23.9 Å². The van der Waals surface area contributed by atoms with Gasteiger partial charge in [-0.25, -0.2) is 4.98 Å². The van der Waals surface area contributed by atoms with Gasteiger partial charge in [-0.3, -0.25) is 4.79 Å². The minimum Gasteiger partial charge on any atom is -0.354 e. The Hall–Kier alpha value is -1.37. The highest BCUT2D eigenvalue weighted by molar-refractivity contribution is 5.85. The van der Waals surface area contributed by atoms with Crippen LogP contribution in [0.1, 0.15) is 25.3 Å². The maximum absolute atomic E-state index is 12.0. The molecule has 0 radical (unpaired) electrons. The summed E-state index contributed by atoms with van der Waals surface area (Å²) in [6.07, 6.45) is 3.43. The summed E-state index contributed by atoms with van der Waals surface area (Å²) < 4.78 is 0. The van der Waals surface area contributed by atoms with E-state index >= 15 is 0 Å². The molecule has 1 atom stereocenters. The number of nitrogens with one attached hydrogen (secondary N) is 1. The normalized spacial score (nSPS) is 16.6. The summed E-state index contributed by atoms with van der Waals surface area (Å²) in [5.74, 6) is 0.884. The van der Waals surface area contributed by atoms with Crippen molar-refractivity contribution in [2.75, 3.05) is 38.1 Å². The maximum Gasteiger partial charge on any atom is 0.237 e. The monoisotopic (exact) mass is 341 g/mol. The molecule has 3 N–H and O–H groups in total. The van der Waals surface area contributed by atoms with Crippen molar-refractivity contribution >= 4 is 24.1 Å². The number of nitrogens with two attached hydrogens (primary N) is 1. The molecule has 0 aliphatic carbocycles. The summed E-state index contributed by atoms with van der Waals surface area (Å²) in [4.78, 5) is 21.1. The summed E-state index contributed by atoms with van der Waals surface area (Å²) in [5.41, 5.74) is 6.89. The zero-order chi connectivity index (χ0) is 15.9. The fourth-order valence-electron chi connectivity index (χ4n) is 2.63. The summed E-state index contributed by atoms with van der Waals surface area (Å²) in [6, 6.07) is 3.51. The summed E-state index contributed by atoms with van der Waals surface area (Å²) in [7, 11) is 2.13. The Morgan fingerprint density at radius 3 is 2.74 bits per heavy atom. The van der Waals surface area contributed by atoms with E-state index in [2.05, 4.69) is 27.1 Å². The van der Waals surface area contributed by atoms with Crippen LogP contribution in [0, 0.1) is 0 Å². The van der Waals surface area contributed by atoms with Crippen LogP contribution in [0.3, 0.4) is 0 Å². The number of carbonyl (C=O) groups excluding carboxylic acids is 1. The first-order valence-electron chi connectivity index (χ1n) is 8.02. The number of hydrogen-bond donors (Lipinski definition) is 2. The van der Waals surface area contributed by atoms with Crippen LogP contribution < -0.4 is 16.0 Å². The molecule has 2 heterocycles. The topological polar surface area (TPSA) is 74.5 Å². The maximum atomic E-state index is 12.0. The number of halogens is 1. The van der Waals surface area contributed by atoms with Crippen molar-refractivity contribution < 1.29 is 4.79 Å². The fraction of sp³-hybridized carbons (Fsp3) is 0.625. The van der Waals surface area contributed by atoms with Crippen LogP contribution in [0.4, 0.5) is 5.82 Å². The molecule has 1 unspecified atom stereocenters. The van der Waals surface area contributed by atoms with Gasteiger partial charge in [0.15, 0.2) is 0 Å². The summed E-state index contributed by atoms with van der Waals surface area (Å²) >= 11 is 0. The zero-order valence-corrected chi connectivity index (χ0v) is 14.8. The van der Waals surface area contributed by atoms with Gasteiger partial charge in [-0.15, -0.1) is 12.4 Å². The molecule has 0 bridgehead atoms. The molecule has 1 aromatic rings. The van der Waals surface area contributed by atoms with Crippen molar-refractivity contribution in [2.24, 2.45) is 5.73 Å². The molecular weight excluding hydrogens is 314 g/mol. The Bertz CT molecular complexity index is 491. The number of hydrogen-bond acceptors (Lipinski definition) is 5. The van der Waals surface area contributed by atoms with Gasteiger partial charge in [-0.05, 0) is 19.5 Å². The van der Waals surface area contributed by atoms with E-state index in [4.69, 9.17) is 5.73 Å². The van der Waals surface area contributed by atoms with Gasteiger partial charge in [0, 0.05) is 44.5 Å². The molecule has 23 heavy (non-hydrogen) atoms. The number of piperazine rings is 1. The van der Waals surface area contributed by atoms with Crippen LogP contribution >= 0.6 is 12.4 Å². The van der Waals surface area contributed by atoms with Crippen LogP contribution in [-0.2, 0) is 11.3 Å². The van der Waals surface area contributed by atoms with Crippen LogP contribution in [0.5, 0.6) is 0 Å². The van der Waals surface area contributed by atoms with E-state index in [1.54, 1.807) is 0 Å². The molecule has 1 amide bonds. The quantitative estimate of drug-likeness (QED) is 0.807. The first kappa shape index (κ1) is 19.7. The Labute approximate surface area is 144 Å². The molecule has 0 saturated carbocycles. The Morgan fingerprint density at radius 1 is 1.39 bits per heavy atom. The average molecular weight is 342 g/mol.